The van der Waals surface area contributed by atoms with Crippen LogP contribution >= 0.6 is 0 Å². The second-order valence-corrected chi connectivity index (χ2v) is 5.19. The molecule has 1 amide bonds. The number of amides is 1. The van der Waals surface area contributed by atoms with Crippen LogP contribution in [0.5, 0.6) is 0 Å². The van der Waals surface area contributed by atoms with E-state index in [0.717, 1.165) is 0 Å². The normalized spacial score (nSPS) is 12.9. The van der Waals surface area contributed by atoms with Crippen LogP contribution in [-0.2, 0) is 9.53 Å². The average Bonchev–Trinajstić information content (AvgIpc) is 2.58. The molecule has 0 unspecified atom stereocenters. The van der Waals surface area contributed by atoms with Crippen molar-refractivity contribution in [3.8, 4) is 6.07 Å². The summed E-state index contributed by atoms with van der Waals surface area (Å²) in [5.41, 5.74) is 1.12. The third kappa shape index (κ3) is 3.64. The Morgan fingerprint density at radius 2 is 2.09 bits per heavy atom. The zero-order chi connectivity index (χ0) is 16.8. The van der Waals surface area contributed by atoms with Crippen LogP contribution in [0.1, 0.15) is 23.7 Å². The number of esters is 1. The van der Waals surface area contributed by atoms with E-state index in [4.69, 9.17) is 10.00 Å². The number of nitrogens with zero attached hydrogens (tertiary/aromatic N) is 2. The first kappa shape index (κ1) is 16.4. The Balaban J connectivity index is 2.31. The summed E-state index contributed by atoms with van der Waals surface area (Å²) in [5.74, 6) is -1.33. The van der Waals surface area contributed by atoms with Crippen molar-refractivity contribution < 1.29 is 14.3 Å². The second-order valence-electron chi connectivity index (χ2n) is 5.19. The van der Waals surface area contributed by atoms with Crippen molar-refractivity contribution in [2.24, 2.45) is 5.92 Å². The van der Waals surface area contributed by atoms with E-state index in [0.29, 0.717) is 16.5 Å². The Morgan fingerprint density at radius 1 is 1.35 bits per heavy atom. The molecule has 1 heterocycles. The van der Waals surface area contributed by atoms with Crippen LogP contribution in [0, 0.1) is 17.2 Å². The molecule has 2 rings (SSSR count). The minimum absolute atomic E-state index is 0.136. The molecule has 0 saturated carbocycles. The lowest BCUT2D eigenvalue weighted by molar-refractivity contribution is -0.144. The molecule has 6 nitrogen and oxygen atoms in total. The van der Waals surface area contributed by atoms with E-state index in [1.807, 2.05) is 24.3 Å². The van der Waals surface area contributed by atoms with Gasteiger partial charge in [-0.15, -0.1) is 0 Å². The predicted molar refractivity (Wildman–Crippen MR) is 84.4 cm³/mol. The Hall–Kier alpha value is -2.94. The highest BCUT2D eigenvalue weighted by atomic mass is 16.5. The minimum Gasteiger partial charge on any atom is -0.467 e. The second kappa shape index (κ2) is 7.36. The van der Waals surface area contributed by atoms with Gasteiger partial charge in [0, 0.05) is 23.9 Å². The first-order chi connectivity index (χ1) is 11.1. The number of para-hydroxylation sites is 1. The Morgan fingerprint density at radius 3 is 2.78 bits per heavy atom. The first-order valence-electron chi connectivity index (χ1n) is 7.18. The third-order valence-corrected chi connectivity index (χ3v) is 3.62. The molecule has 0 aliphatic carbocycles. The molecule has 1 aromatic carbocycles. The number of hydrogen-bond acceptors (Lipinski definition) is 5. The van der Waals surface area contributed by atoms with Gasteiger partial charge in [-0.1, -0.05) is 25.1 Å². The van der Waals surface area contributed by atoms with Crippen molar-refractivity contribution in [2.45, 2.75) is 19.4 Å². The van der Waals surface area contributed by atoms with Crippen molar-refractivity contribution in [2.75, 3.05) is 7.11 Å². The van der Waals surface area contributed by atoms with Crippen molar-refractivity contribution >= 4 is 22.8 Å². The third-order valence-electron chi connectivity index (χ3n) is 3.62. The summed E-state index contributed by atoms with van der Waals surface area (Å²) >= 11 is 0. The number of carbonyl (C=O) groups excluding carboxylic acids is 2. The number of carbonyl (C=O) groups is 2. The molecule has 1 N–H and O–H groups in total. The lowest BCUT2D eigenvalue weighted by Crippen LogP contribution is -2.45. The molecule has 23 heavy (non-hydrogen) atoms. The van der Waals surface area contributed by atoms with Crippen molar-refractivity contribution in [1.82, 2.24) is 10.3 Å². The van der Waals surface area contributed by atoms with Crippen LogP contribution in [0.25, 0.3) is 10.9 Å². The number of nitrogens with one attached hydrogen (secondary N) is 1. The number of aromatic nitrogens is 1. The molecule has 6 heteroatoms. The predicted octanol–water partition coefficient (Wildman–Crippen LogP) is 2.06. The highest BCUT2D eigenvalue weighted by Gasteiger charge is 2.28. The van der Waals surface area contributed by atoms with E-state index >= 15 is 0 Å². The summed E-state index contributed by atoms with van der Waals surface area (Å²) in [6, 6.07) is 9.98. The average molecular weight is 311 g/mol. The van der Waals surface area contributed by atoms with E-state index in [1.165, 1.54) is 7.11 Å². The molecule has 1 aromatic heterocycles. The van der Waals surface area contributed by atoms with Gasteiger partial charge in [-0.2, -0.15) is 5.26 Å². The maximum absolute atomic E-state index is 12.6. The Kier molecular flexibility index (Phi) is 5.26. The summed E-state index contributed by atoms with van der Waals surface area (Å²) in [4.78, 5) is 28.7. The molecule has 0 aliphatic rings. The van der Waals surface area contributed by atoms with E-state index < -0.39 is 17.9 Å². The van der Waals surface area contributed by atoms with Crippen molar-refractivity contribution in [1.29, 1.82) is 5.26 Å². The van der Waals surface area contributed by atoms with Gasteiger partial charge in [0.05, 0.1) is 24.3 Å². The smallest absolute Gasteiger partial charge is 0.328 e. The van der Waals surface area contributed by atoms with Gasteiger partial charge in [0.2, 0.25) is 0 Å². The topological polar surface area (TPSA) is 92.1 Å². The molecule has 0 fully saturated rings. The minimum atomic E-state index is -0.876. The van der Waals surface area contributed by atoms with Crippen LogP contribution in [-0.4, -0.2) is 30.0 Å². The zero-order valence-corrected chi connectivity index (χ0v) is 12.9. The van der Waals surface area contributed by atoms with Crippen molar-refractivity contribution in [3.05, 3.63) is 42.1 Å². The fourth-order valence-corrected chi connectivity index (χ4v) is 2.34. The number of fused-ring (bicyclic) bond motifs is 1. The summed E-state index contributed by atoms with van der Waals surface area (Å²) in [6.07, 6.45) is 1.68. The number of hydrogen-bond donors (Lipinski definition) is 1. The Labute approximate surface area is 134 Å². The largest absolute Gasteiger partial charge is 0.467 e. The molecule has 2 aromatic rings. The maximum atomic E-state index is 12.6. The molecule has 2 atom stereocenters. The number of ether oxygens (including phenoxy) is 1. The highest BCUT2D eigenvalue weighted by Crippen LogP contribution is 2.17. The molecule has 0 aliphatic heterocycles. The van der Waals surface area contributed by atoms with Gasteiger partial charge in [0.1, 0.15) is 6.04 Å². The molecule has 0 spiro atoms. The lowest BCUT2D eigenvalue weighted by atomic mass is 9.98. The molecule has 118 valence electrons. The van der Waals surface area contributed by atoms with Gasteiger partial charge in [-0.3, -0.25) is 9.78 Å². The summed E-state index contributed by atoms with van der Waals surface area (Å²) in [6.45, 7) is 1.72. The van der Waals surface area contributed by atoms with Crippen LogP contribution in [0.15, 0.2) is 36.5 Å². The zero-order valence-electron chi connectivity index (χ0n) is 12.9. The van der Waals surface area contributed by atoms with E-state index in [-0.39, 0.29) is 12.3 Å². The van der Waals surface area contributed by atoms with E-state index in [9.17, 15) is 9.59 Å². The monoisotopic (exact) mass is 311 g/mol. The number of benzene rings is 1. The van der Waals surface area contributed by atoms with Crippen LogP contribution in [0.2, 0.25) is 0 Å². The van der Waals surface area contributed by atoms with Gasteiger partial charge in [-0.25, -0.2) is 4.79 Å². The number of rotatable bonds is 5. The van der Waals surface area contributed by atoms with E-state index in [1.54, 1.807) is 25.3 Å². The molecule has 0 radical (unpaired) electrons. The van der Waals surface area contributed by atoms with Gasteiger partial charge in [-0.05, 0) is 12.1 Å². The van der Waals surface area contributed by atoms with Crippen molar-refractivity contribution in [3.63, 3.8) is 0 Å². The first-order valence-corrected chi connectivity index (χ1v) is 7.18. The molecule has 0 bridgehead atoms. The SMILES string of the molecule is COC(=O)[C@@H](NC(=O)c1ccnc2ccccc12)[C@H](C)CC#N. The highest BCUT2D eigenvalue weighted by molar-refractivity contribution is 6.07. The van der Waals surface area contributed by atoms with Crippen LogP contribution in [0.4, 0.5) is 0 Å². The number of methoxy groups -OCH3 is 1. The maximum Gasteiger partial charge on any atom is 0.328 e. The van der Waals surface area contributed by atoms with Crippen LogP contribution in [0.3, 0.4) is 0 Å². The summed E-state index contributed by atoms with van der Waals surface area (Å²) in [5, 5.41) is 12.2. The summed E-state index contributed by atoms with van der Waals surface area (Å²) in [7, 11) is 1.25. The van der Waals surface area contributed by atoms with Gasteiger partial charge >= 0.3 is 5.97 Å². The number of pyridine rings is 1. The summed E-state index contributed by atoms with van der Waals surface area (Å²) < 4.78 is 4.73. The van der Waals surface area contributed by atoms with Gasteiger partial charge in [0.15, 0.2) is 0 Å². The van der Waals surface area contributed by atoms with Gasteiger partial charge < -0.3 is 10.1 Å². The van der Waals surface area contributed by atoms with Crippen LogP contribution < -0.4 is 5.32 Å². The lowest BCUT2D eigenvalue weighted by Gasteiger charge is -2.21. The molecule has 0 saturated heterocycles. The standard InChI is InChI=1S/C17H17N3O3/c1-11(7-9-18)15(17(22)23-2)20-16(21)13-8-10-19-14-6-4-3-5-12(13)14/h3-6,8,10-11,15H,7H2,1-2H3,(H,20,21)/t11-,15+/m1/s1. The van der Waals surface area contributed by atoms with Gasteiger partial charge in [0.25, 0.3) is 5.91 Å². The quantitative estimate of drug-likeness (QED) is 0.853. The Bertz CT molecular complexity index is 762. The molecular formula is C17H17N3O3. The molecular weight excluding hydrogens is 294 g/mol. The fraction of sp³-hybridized carbons (Fsp3) is 0.294. The fourth-order valence-electron chi connectivity index (χ4n) is 2.34. The number of nitriles is 1. The van der Waals surface area contributed by atoms with E-state index in [2.05, 4.69) is 10.3 Å².